The maximum absolute atomic E-state index is 12.6. The number of aromatic nitrogens is 3. The Bertz CT molecular complexity index is 964. The van der Waals surface area contributed by atoms with E-state index in [1.807, 2.05) is 50.6 Å². The summed E-state index contributed by atoms with van der Waals surface area (Å²) in [5, 5.41) is 5.01. The molecule has 7 heteroatoms. The second-order valence-electron chi connectivity index (χ2n) is 5.66. The molecule has 1 aromatic carbocycles. The van der Waals surface area contributed by atoms with E-state index in [4.69, 9.17) is 11.6 Å². The smallest absolute Gasteiger partial charge is 0.297 e. The van der Waals surface area contributed by atoms with E-state index in [1.165, 1.54) is 11.3 Å². The van der Waals surface area contributed by atoms with E-state index in [0.29, 0.717) is 15.5 Å². The van der Waals surface area contributed by atoms with E-state index < -0.39 is 0 Å². The van der Waals surface area contributed by atoms with Crippen molar-refractivity contribution in [2.24, 2.45) is 12.0 Å². The fourth-order valence-corrected chi connectivity index (χ4v) is 3.88. The molecule has 0 spiro atoms. The van der Waals surface area contributed by atoms with Crippen LogP contribution in [0, 0.1) is 6.92 Å². The Morgan fingerprint density at radius 3 is 2.78 bits per heavy atom. The Balaban J connectivity index is 2.14. The topological polar surface area (TPSA) is 52.2 Å². The van der Waals surface area contributed by atoms with Crippen molar-refractivity contribution in [3.63, 3.8) is 0 Å². The van der Waals surface area contributed by atoms with Gasteiger partial charge in [0.25, 0.3) is 5.91 Å². The number of carbonyl (C=O) groups is 1. The number of fused-ring (bicyclic) bond motifs is 1. The highest BCUT2D eigenvalue weighted by Gasteiger charge is 2.16. The molecule has 0 atom stereocenters. The molecule has 0 aliphatic carbocycles. The van der Waals surface area contributed by atoms with E-state index in [-0.39, 0.29) is 11.9 Å². The molecule has 23 heavy (non-hydrogen) atoms. The van der Waals surface area contributed by atoms with Crippen molar-refractivity contribution < 1.29 is 4.79 Å². The van der Waals surface area contributed by atoms with Crippen LogP contribution in [-0.4, -0.2) is 20.3 Å². The first kappa shape index (κ1) is 16.0. The van der Waals surface area contributed by atoms with E-state index >= 15 is 0 Å². The number of para-hydroxylation sites is 1. The molecule has 0 bridgehead atoms. The van der Waals surface area contributed by atoms with Gasteiger partial charge in [0.2, 0.25) is 0 Å². The first-order valence-electron chi connectivity index (χ1n) is 7.27. The number of hydrogen-bond acceptors (Lipinski definition) is 3. The van der Waals surface area contributed by atoms with E-state index in [0.717, 1.165) is 15.9 Å². The van der Waals surface area contributed by atoms with Gasteiger partial charge in [0.15, 0.2) is 4.80 Å². The van der Waals surface area contributed by atoms with Gasteiger partial charge in [-0.1, -0.05) is 29.0 Å². The van der Waals surface area contributed by atoms with Crippen LogP contribution in [0.1, 0.15) is 36.1 Å². The lowest BCUT2D eigenvalue weighted by molar-refractivity contribution is 0.0986. The number of amides is 1. The molecule has 1 amide bonds. The maximum Gasteiger partial charge on any atom is 0.297 e. The zero-order valence-corrected chi connectivity index (χ0v) is 14.9. The van der Waals surface area contributed by atoms with Crippen LogP contribution in [0.5, 0.6) is 0 Å². The fourth-order valence-electron chi connectivity index (χ4n) is 2.48. The second kappa shape index (κ2) is 5.94. The molecule has 0 aliphatic heterocycles. The average molecular weight is 349 g/mol. The standard InChI is InChI=1S/C16H17ClN4OS/c1-9(2)21-12(8-10(3)19-21)15(22)18-16-20(4)14-11(17)6-5-7-13(14)23-16/h5-9H,1-4H3. The lowest BCUT2D eigenvalue weighted by atomic mass is 10.3. The van der Waals surface area contributed by atoms with Crippen molar-refractivity contribution in [1.82, 2.24) is 14.3 Å². The average Bonchev–Trinajstić information content (AvgIpc) is 3.01. The summed E-state index contributed by atoms with van der Waals surface area (Å²) in [5.41, 5.74) is 2.20. The summed E-state index contributed by atoms with van der Waals surface area (Å²) >= 11 is 7.69. The largest absolute Gasteiger partial charge is 0.318 e. The van der Waals surface area contributed by atoms with E-state index in [2.05, 4.69) is 10.1 Å². The minimum Gasteiger partial charge on any atom is -0.318 e. The summed E-state index contributed by atoms with van der Waals surface area (Å²) in [6.07, 6.45) is 0. The molecule has 2 aromatic heterocycles. The van der Waals surface area contributed by atoms with E-state index in [1.54, 1.807) is 10.7 Å². The Morgan fingerprint density at radius 2 is 2.13 bits per heavy atom. The monoisotopic (exact) mass is 348 g/mol. The Kier molecular flexibility index (Phi) is 4.12. The Morgan fingerprint density at radius 1 is 1.39 bits per heavy atom. The molecule has 5 nitrogen and oxygen atoms in total. The number of halogens is 1. The molecule has 0 radical (unpaired) electrons. The molecule has 0 saturated heterocycles. The molecule has 0 aliphatic rings. The summed E-state index contributed by atoms with van der Waals surface area (Å²) < 4.78 is 4.56. The van der Waals surface area contributed by atoms with Gasteiger partial charge in [-0.3, -0.25) is 9.48 Å². The molecule has 0 unspecified atom stereocenters. The zero-order valence-electron chi connectivity index (χ0n) is 13.4. The van der Waals surface area contributed by atoms with Gasteiger partial charge < -0.3 is 4.57 Å². The van der Waals surface area contributed by atoms with Gasteiger partial charge in [-0.25, -0.2) is 0 Å². The summed E-state index contributed by atoms with van der Waals surface area (Å²) in [6, 6.07) is 7.57. The Hall–Kier alpha value is -1.92. The third-order valence-electron chi connectivity index (χ3n) is 3.54. The highest BCUT2D eigenvalue weighted by atomic mass is 35.5. The van der Waals surface area contributed by atoms with Crippen LogP contribution < -0.4 is 4.80 Å². The van der Waals surface area contributed by atoms with E-state index in [9.17, 15) is 4.79 Å². The zero-order chi connectivity index (χ0) is 16.7. The van der Waals surface area contributed by atoms with Crippen LogP contribution in [0.4, 0.5) is 0 Å². The summed E-state index contributed by atoms with van der Waals surface area (Å²) in [5.74, 6) is -0.294. The van der Waals surface area contributed by atoms with Gasteiger partial charge in [-0.2, -0.15) is 10.1 Å². The molecule has 0 saturated carbocycles. The molecule has 0 N–H and O–H groups in total. The molecule has 2 heterocycles. The van der Waals surface area contributed by atoms with Crippen molar-refractivity contribution in [2.45, 2.75) is 26.8 Å². The quantitative estimate of drug-likeness (QED) is 0.708. The number of rotatable bonds is 2. The third-order valence-corrected chi connectivity index (χ3v) is 4.94. The normalized spacial score (nSPS) is 12.5. The van der Waals surface area contributed by atoms with Crippen molar-refractivity contribution in [3.8, 4) is 0 Å². The summed E-state index contributed by atoms with van der Waals surface area (Å²) in [4.78, 5) is 17.5. The fraction of sp³-hybridized carbons (Fsp3) is 0.312. The molecule has 3 rings (SSSR count). The lowest BCUT2D eigenvalue weighted by Crippen LogP contribution is -2.16. The van der Waals surface area contributed by atoms with Gasteiger partial charge in [-0.15, -0.1) is 0 Å². The minimum absolute atomic E-state index is 0.100. The van der Waals surface area contributed by atoms with Gasteiger partial charge >= 0.3 is 0 Å². The van der Waals surface area contributed by atoms with Gasteiger partial charge in [0.05, 0.1) is 20.9 Å². The molecule has 3 aromatic rings. The van der Waals surface area contributed by atoms with Crippen molar-refractivity contribution in [3.05, 3.63) is 45.5 Å². The van der Waals surface area contributed by atoms with Crippen molar-refractivity contribution in [2.75, 3.05) is 0 Å². The van der Waals surface area contributed by atoms with Crippen LogP contribution in [0.25, 0.3) is 10.2 Å². The van der Waals surface area contributed by atoms with Crippen LogP contribution in [0.2, 0.25) is 5.02 Å². The van der Waals surface area contributed by atoms with Crippen LogP contribution in [0.3, 0.4) is 0 Å². The second-order valence-corrected chi connectivity index (χ2v) is 7.07. The van der Waals surface area contributed by atoms with Crippen LogP contribution >= 0.6 is 22.9 Å². The van der Waals surface area contributed by atoms with Crippen molar-refractivity contribution in [1.29, 1.82) is 0 Å². The van der Waals surface area contributed by atoms with Crippen molar-refractivity contribution >= 4 is 39.1 Å². The van der Waals surface area contributed by atoms with Gasteiger partial charge in [0.1, 0.15) is 5.69 Å². The number of aryl methyl sites for hydroxylation is 2. The first-order chi connectivity index (χ1) is 10.9. The number of hydrogen-bond donors (Lipinski definition) is 0. The molecular formula is C16H17ClN4OS. The number of benzene rings is 1. The predicted octanol–water partition coefficient (Wildman–Crippen LogP) is 3.72. The lowest BCUT2D eigenvalue weighted by Gasteiger charge is -2.07. The first-order valence-corrected chi connectivity index (χ1v) is 8.47. The SMILES string of the molecule is Cc1cc(C(=O)N=c2sc3cccc(Cl)c3n2C)n(C(C)C)n1. The molecule has 0 fully saturated rings. The highest BCUT2D eigenvalue weighted by molar-refractivity contribution is 7.16. The van der Waals surface area contributed by atoms with Gasteiger partial charge in [0, 0.05) is 13.1 Å². The Labute approximate surface area is 142 Å². The van der Waals surface area contributed by atoms with Crippen LogP contribution in [0.15, 0.2) is 29.3 Å². The van der Waals surface area contributed by atoms with Crippen LogP contribution in [-0.2, 0) is 7.05 Å². The summed E-state index contributed by atoms with van der Waals surface area (Å²) in [7, 11) is 1.86. The minimum atomic E-state index is -0.294. The molecule has 120 valence electrons. The third kappa shape index (κ3) is 2.84. The summed E-state index contributed by atoms with van der Waals surface area (Å²) in [6.45, 7) is 5.85. The molecular weight excluding hydrogens is 332 g/mol. The number of carbonyl (C=O) groups excluding carboxylic acids is 1. The predicted molar refractivity (Wildman–Crippen MR) is 93.0 cm³/mol. The number of thiazole rings is 1. The highest BCUT2D eigenvalue weighted by Crippen LogP contribution is 2.24. The van der Waals surface area contributed by atoms with Gasteiger partial charge in [-0.05, 0) is 39.0 Å². The number of nitrogens with zero attached hydrogens (tertiary/aromatic N) is 4. The maximum atomic E-state index is 12.6.